The van der Waals surface area contributed by atoms with Gasteiger partial charge in [0.15, 0.2) is 0 Å². The van der Waals surface area contributed by atoms with Crippen molar-refractivity contribution in [3.63, 3.8) is 0 Å². The summed E-state index contributed by atoms with van der Waals surface area (Å²) in [6, 6.07) is 1.59. The fraction of sp³-hybridized carbons (Fsp3) is 0.529. The number of anilines is 1. The van der Waals surface area contributed by atoms with Crippen LogP contribution >= 0.6 is 15.9 Å². The van der Waals surface area contributed by atoms with Crippen molar-refractivity contribution in [1.82, 2.24) is 9.88 Å². The van der Waals surface area contributed by atoms with Crippen molar-refractivity contribution in [3.8, 4) is 11.8 Å². The molecule has 23 heavy (non-hydrogen) atoms. The molecule has 1 unspecified atom stereocenters. The van der Waals surface area contributed by atoms with E-state index in [4.69, 9.17) is 10.5 Å². The maximum Gasteiger partial charge on any atom is 0.411 e. The van der Waals surface area contributed by atoms with Crippen LogP contribution in [-0.4, -0.2) is 34.2 Å². The van der Waals surface area contributed by atoms with Crippen molar-refractivity contribution in [3.05, 3.63) is 21.9 Å². The van der Waals surface area contributed by atoms with Crippen LogP contribution in [0.5, 0.6) is 0 Å². The van der Waals surface area contributed by atoms with Crippen molar-refractivity contribution in [2.75, 3.05) is 12.3 Å². The molecule has 124 valence electrons. The molecule has 0 aliphatic carbocycles. The first-order valence-electron chi connectivity index (χ1n) is 7.61. The van der Waals surface area contributed by atoms with Crippen LogP contribution in [-0.2, 0) is 4.74 Å². The summed E-state index contributed by atoms with van der Waals surface area (Å²) in [5.41, 5.74) is 7.57. The monoisotopic (exact) mass is 379 g/mol. The number of nitrogens with zero attached hydrogens (tertiary/aromatic N) is 2. The summed E-state index contributed by atoms with van der Waals surface area (Å²) in [5.74, 6) is 6.25. The van der Waals surface area contributed by atoms with E-state index in [2.05, 4.69) is 32.8 Å². The standard InChI is InChI=1S/C17H22BrN3O2/c1-11-13(14(19)10-15(18)20-11)8-7-12-6-5-9-21(12)16(22)23-17(2,3)4/h10,12H,5-6,9H2,1-4H3,(H2,19,20). The summed E-state index contributed by atoms with van der Waals surface area (Å²) in [6.07, 6.45) is 1.45. The summed E-state index contributed by atoms with van der Waals surface area (Å²) in [7, 11) is 0. The zero-order chi connectivity index (χ0) is 17.2. The number of carbonyl (C=O) groups is 1. The average molecular weight is 380 g/mol. The van der Waals surface area contributed by atoms with Crippen LogP contribution in [0.3, 0.4) is 0 Å². The topological polar surface area (TPSA) is 68.5 Å². The van der Waals surface area contributed by atoms with Gasteiger partial charge in [0.05, 0.1) is 23.0 Å². The Morgan fingerprint density at radius 2 is 2.22 bits per heavy atom. The molecular formula is C17H22BrN3O2. The molecule has 2 rings (SSSR count). The van der Waals surface area contributed by atoms with E-state index in [1.807, 2.05) is 27.7 Å². The lowest BCUT2D eigenvalue weighted by Gasteiger charge is -2.26. The highest BCUT2D eigenvalue weighted by Crippen LogP contribution is 2.22. The van der Waals surface area contributed by atoms with E-state index in [1.54, 1.807) is 11.0 Å². The lowest BCUT2D eigenvalue weighted by molar-refractivity contribution is 0.0261. The van der Waals surface area contributed by atoms with Gasteiger partial charge in [0.2, 0.25) is 0 Å². The van der Waals surface area contributed by atoms with E-state index in [0.717, 1.165) is 18.5 Å². The van der Waals surface area contributed by atoms with Crippen LogP contribution < -0.4 is 5.73 Å². The number of carbonyl (C=O) groups excluding carboxylic acids is 1. The van der Waals surface area contributed by atoms with Crippen molar-refractivity contribution in [1.29, 1.82) is 0 Å². The molecular weight excluding hydrogens is 358 g/mol. The predicted molar refractivity (Wildman–Crippen MR) is 93.9 cm³/mol. The minimum absolute atomic E-state index is 0.146. The molecule has 6 heteroatoms. The van der Waals surface area contributed by atoms with Crippen LogP contribution in [0.2, 0.25) is 0 Å². The number of hydrogen-bond acceptors (Lipinski definition) is 4. The number of nitrogen functional groups attached to an aromatic ring is 1. The molecule has 1 atom stereocenters. The van der Waals surface area contributed by atoms with Gasteiger partial charge < -0.3 is 10.5 Å². The highest BCUT2D eigenvalue weighted by Gasteiger charge is 2.31. The molecule has 0 aromatic carbocycles. The van der Waals surface area contributed by atoms with Gasteiger partial charge in [-0.3, -0.25) is 4.90 Å². The van der Waals surface area contributed by atoms with E-state index in [-0.39, 0.29) is 12.1 Å². The molecule has 5 nitrogen and oxygen atoms in total. The molecule has 1 aliphatic heterocycles. The second-order valence-electron chi connectivity index (χ2n) is 6.60. The Balaban J connectivity index is 2.19. The second-order valence-corrected chi connectivity index (χ2v) is 7.41. The van der Waals surface area contributed by atoms with Crippen LogP contribution in [0.1, 0.15) is 44.9 Å². The summed E-state index contributed by atoms with van der Waals surface area (Å²) >= 11 is 3.31. The molecule has 1 aromatic heterocycles. The highest BCUT2D eigenvalue weighted by molar-refractivity contribution is 9.10. The highest BCUT2D eigenvalue weighted by atomic mass is 79.9. The third-order valence-corrected chi connectivity index (χ3v) is 3.85. The zero-order valence-electron chi connectivity index (χ0n) is 13.9. The van der Waals surface area contributed by atoms with Crippen LogP contribution in [0.15, 0.2) is 10.7 Å². The molecule has 0 saturated carbocycles. The van der Waals surface area contributed by atoms with Crippen molar-refractivity contribution in [2.45, 2.75) is 52.2 Å². The molecule has 2 N–H and O–H groups in total. The number of likely N-dealkylation sites (tertiary alicyclic amines) is 1. The number of nitrogens with two attached hydrogens (primary N) is 1. The molecule has 1 amide bonds. The van der Waals surface area contributed by atoms with Gasteiger partial charge in [-0.05, 0) is 62.5 Å². The maximum atomic E-state index is 12.3. The molecule has 1 saturated heterocycles. The number of rotatable bonds is 0. The van der Waals surface area contributed by atoms with Crippen molar-refractivity contribution >= 4 is 27.7 Å². The molecule has 1 aromatic rings. The number of amides is 1. The number of pyridine rings is 1. The Kier molecular flexibility index (Phi) is 5.20. The number of aromatic nitrogens is 1. The molecule has 0 bridgehead atoms. The van der Waals surface area contributed by atoms with Crippen LogP contribution in [0.4, 0.5) is 10.5 Å². The Morgan fingerprint density at radius 3 is 2.83 bits per heavy atom. The van der Waals surface area contributed by atoms with Gasteiger partial charge >= 0.3 is 6.09 Å². The van der Waals surface area contributed by atoms with Crippen LogP contribution in [0.25, 0.3) is 0 Å². The quantitative estimate of drug-likeness (QED) is 0.553. The van der Waals surface area contributed by atoms with E-state index in [9.17, 15) is 4.79 Å². The van der Waals surface area contributed by atoms with Gasteiger partial charge in [-0.25, -0.2) is 9.78 Å². The minimum atomic E-state index is -0.506. The van der Waals surface area contributed by atoms with Gasteiger partial charge in [-0.15, -0.1) is 0 Å². The largest absolute Gasteiger partial charge is 0.444 e. The van der Waals surface area contributed by atoms with E-state index in [1.165, 1.54) is 0 Å². The second kappa shape index (κ2) is 6.79. The summed E-state index contributed by atoms with van der Waals surface area (Å²) in [6.45, 7) is 8.12. The third kappa shape index (κ3) is 4.61. The van der Waals surface area contributed by atoms with Gasteiger partial charge in [-0.2, -0.15) is 0 Å². The summed E-state index contributed by atoms with van der Waals surface area (Å²) in [4.78, 5) is 18.3. The SMILES string of the molecule is Cc1nc(Br)cc(N)c1C#CC1CCCN1C(=O)OC(C)(C)C. The molecule has 2 heterocycles. The predicted octanol–water partition coefficient (Wildman–Crippen LogP) is 3.49. The Bertz CT molecular complexity index is 648. The first-order valence-corrected chi connectivity index (χ1v) is 8.40. The normalized spacial score (nSPS) is 17.6. The smallest absolute Gasteiger partial charge is 0.411 e. The maximum absolute atomic E-state index is 12.3. The number of ether oxygens (including phenoxy) is 1. The molecule has 1 fully saturated rings. The fourth-order valence-electron chi connectivity index (χ4n) is 2.43. The lowest BCUT2D eigenvalue weighted by Crippen LogP contribution is -2.39. The van der Waals surface area contributed by atoms with Gasteiger partial charge in [0.1, 0.15) is 10.2 Å². The van der Waals surface area contributed by atoms with Crippen molar-refractivity contribution in [2.24, 2.45) is 0 Å². The number of aryl methyl sites for hydroxylation is 1. The molecule has 1 aliphatic rings. The zero-order valence-corrected chi connectivity index (χ0v) is 15.5. The number of halogens is 1. The first-order chi connectivity index (χ1) is 10.7. The molecule has 0 spiro atoms. The van der Waals surface area contributed by atoms with E-state index >= 15 is 0 Å². The van der Waals surface area contributed by atoms with E-state index < -0.39 is 5.60 Å². The fourth-order valence-corrected chi connectivity index (χ4v) is 2.94. The summed E-state index contributed by atoms with van der Waals surface area (Å²) < 4.78 is 6.13. The molecule has 0 radical (unpaired) electrons. The van der Waals surface area contributed by atoms with E-state index in [0.29, 0.717) is 22.4 Å². The number of hydrogen-bond donors (Lipinski definition) is 1. The Hall–Kier alpha value is -1.74. The minimum Gasteiger partial charge on any atom is -0.444 e. The van der Waals surface area contributed by atoms with Crippen LogP contribution in [0, 0.1) is 18.8 Å². The average Bonchev–Trinajstić information content (AvgIpc) is 2.83. The Labute approximate surface area is 145 Å². The Morgan fingerprint density at radius 1 is 1.52 bits per heavy atom. The van der Waals surface area contributed by atoms with Crippen molar-refractivity contribution < 1.29 is 9.53 Å². The summed E-state index contributed by atoms with van der Waals surface area (Å²) in [5, 5.41) is 0. The van der Waals surface area contributed by atoms with Gasteiger partial charge in [-0.1, -0.05) is 11.8 Å². The van der Waals surface area contributed by atoms with Gasteiger partial charge in [0, 0.05) is 6.54 Å². The lowest BCUT2D eigenvalue weighted by atomic mass is 10.1. The first kappa shape index (κ1) is 17.6. The third-order valence-electron chi connectivity index (χ3n) is 3.44. The van der Waals surface area contributed by atoms with Gasteiger partial charge in [0.25, 0.3) is 0 Å².